The van der Waals surface area contributed by atoms with E-state index in [1.54, 1.807) is 0 Å². The van der Waals surface area contributed by atoms with Crippen LogP contribution >= 0.6 is 23.8 Å². The van der Waals surface area contributed by atoms with Gasteiger partial charge in [0.15, 0.2) is 5.11 Å². The summed E-state index contributed by atoms with van der Waals surface area (Å²) in [6.07, 6.45) is 3.41. The van der Waals surface area contributed by atoms with Gasteiger partial charge in [-0.3, -0.25) is 0 Å². The van der Waals surface area contributed by atoms with Crippen LogP contribution in [0.15, 0.2) is 35.5 Å². The predicted octanol–water partition coefficient (Wildman–Crippen LogP) is 3.30. The van der Waals surface area contributed by atoms with Crippen LogP contribution in [0.3, 0.4) is 0 Å². The third kappa shape index (κ3) is 1.94. The largest absolute Gasteiger partial charge is 0.352 e. The molecular formula is C13H13ClN2S. The Bertz CT molecular complexity index is 510. The van der Waals surface area contributed by atoms with Crippen LogP contribution in [-0.2, 0) is 0 Å². The number of benzene rings is 1. The molecule has 1 aromatic carbocycles. The van der Waals surface area contributed by atoms with Crippen LogP contribution in [0.5, 0.6) is 0 Å². The Morgan fingerprint density at radius 3 is 2.88 bits per heavy atom. The third-order valence-corrected chi connectivity index (χ3v) is 3.93. The van der Waals surface area contributed by atoms with E-state index in [1.807, 2.05) is 18.2 Å². The monoisotopic (exact) mass is 264 g/mol. The standard InChI is InChI=1S/C13H13ClN2S/c14-10-6-2-1-4-8(10)12-9-5-3-7-11(9)15-13(17)16-12/h1-2,4,6,12H,3,5,7H2,(H2,15,16,17). The van der Waals surface area contributed by atoms with Crippen molar-refractivity contribution >= 4 is 28.9 Å². The summed E-state index contributed by atoms with van der Waals surface area (Å²) >= 11 is 11.5. The van der Waals surface area contributed by atoms with Crippen molar-refractivity contribution in [3.8, 4) is 0 Å². The molecule has 1 aliphatic carbocycles. The van der Waals surface area contributed by atoms with Gasteiger partial charge in [0, 0.05) is 10.7 Å². The van der Waals surface area contributed by atoms with Crippen molar-refractivity contribution in [2.45, 2.75) is 25.3 Å². The lowest BCUT2D eigenvalue weighted by molar-refractivity contribution is 0.683. The van der Waals surface area contributed by atoms with Crippen molar-refractivity contribution in [3.63, 3.8) is 0 Å². The highest BCUT2D eigenvalue weighted by Gasteiger charge is 2.30. The van der Waals surface area contributed by atoms with Crippen molar-refractivity contribution in [1.29, 1.82) is 0 Å². The predicted molar refractivity (Wildman–Crippen MR) is 73.9 cm³/mol. The second kappa shape index (κ2) is 4.31. The SMILES string of the molecule is S=C1NC2=C(CCC2)C(c2ccccc2Cl)N1. The molecule has 0 fully saturated rings. The van der Waals surface area contributed by atoms with Gasteiger partial charge in [-0.15, -0.1) is 0 Å². The molecule has 0 bridgehead atoms. The number of halogens is 1. The minimum Gasteiger partial charge on any atom is -0.352 e. The van der Waals surface area contributed by atoms with E-state index in [0.717, 1.165) is 23.4 Å². The lowest BCUT2D eigenvalue weighted by atomic mass is 9.96. The van der Waals surface area contributed by atoms with Crippen molar-refractivity contribution in [3.05, 3.63) is 46.1 Å². The average Bonchev–Trinajstić information content (AvgIpc) is 2.76. The van der Waals surface area contributed by atoms with Crippen LogP contribution in [0, 0.1) is 0 Å². The molecule has 0 spiro atoms. The maximum absolute atomic E-state index is 6.27. The summed E-state index contributed by atoms with van der Waals surface area (Å²) in [6, 6.07) is 8.11. The van der Waals surface area contributed by atoms with E-state index in [-0.39, 0.29) is 6.04 Å². The molecule has 0 amide bonds. The first-order valence-electron chi connectivity index (χ1n) is 5.79. The van der Waals surface area contributed by atoms with Gasteiger partial charge in [0.1, 0.15) is 0 Å². The van der Waals surface area contributed by atoms with Gasteiger partial charge < -0.3 is 10.6 Å². The molecule has 2 nitrogen and oxygen atoms in total. The smallest absolute Gasteiger partial charge is 0.171 e. The summed E-state index contributed by atoms with van der Waals surface area (Å²) in [7, 11) is 0. The van der Waals surface area contributed by atoms with Crippen molar-refractivity contribution < 1.29 is 0 Å². The number of hydrogen-bond donors (Lipinski definition) is 2. The topological polar surface area (TPSA) is 24.1 Å². The average molecular weight is 265 g/mol. The van der Waals surface area contributed by atoms with Crippen LogP contribution < -0.4 is 10.6 Å². The fraction of sp³-hybridized carbons (Fsp3) is 0.308. The molecule has 1 aliphatic heterocycles. The highest BCUT2D eigenvalue weighted by Crippen LogP contribution is 2.38. The second-order valence-electron chi connectivity index (χ2n) is 4.41. The summed E-state index contributed by atoms with van der Waals surface area (Å²) in [5.74, 6) is 0. The van der Waals surface area contributed by atoms with E-state index >= 15 is 0 Å². The van der Waals surface area contributed by atoms with Crippen LogP contribution in [0.4, 0.5) is 0 Å². The molecule has 1 heterocycles. The van der Waals surface area contributed by atoms with E-state index in [4.69, 9.17) is 23.8 Å². The Hall–Kier alpha value is -1.06. The highest BCUT2D eigenvalue weighted by molar-refractivity contribution is 7.80. The van der Waals surface area contributed by atoms with Crippen LogP contribution in [0.2, 0.25) is 5.02 Å². The normalized spacial score (nSPS) is 23.1. The second-order valence-corrected chi connectivity index (χ2v) is 5.23. The van der Waals surface area contributed by atoms with E-state index in [0.29, 0.717) is 5.11 Å². The number of thiocarbonyl (C=S) groups is 1. The molecular weight excluding hydrogens is 252 g/mol. The third-order valence-electron chi connectivity index (χ3n) is 3.37. The first-order chi connectivity index (χ1) is 8.25. The van der Waals surface area contributed by atoms with Crippen molar-refractivity contribution in [1.82, 2.24) is 10.6 Å². The minimum atomic E-state index is 0.148. The number of allylic oxidation sites excluding steroid dienone is 1. The molecule has 0 radical (unpaired) electrons. The maximum Gasteiger partial charge on any atom is 0.171 e. The highest BCUT2D eigenvalue weighted by atomic mass is 35.5. The molecule has 1 aromatic rings. The van der Waals surface area contributed by atoms with Crippen LogP contribution in [0.1, 0.15) is 30.9 Å². The summed E-state index contributed by atoms with van der Waals surface area (Å²) < 4.78 is 0. The van der Waals surface area contributed by atoms with Gasteiger partial charge in [-0.2, -0.15) is 0 Å². The molecule has 4 heteroatoms. The first-order valence-corrected chi connectivity index (χ1v) is 6.58. The van der Waals surface area contributed by atoms with Crippen molar-refractivity contribution in [2.24, 2.45) is 0 Å². The zero-order valence-corrected chi connectivity index (χ0v) is 10.9. The molecule has 17 heavy (non-hydrogen) atoms. The molecule has 2 aliphatic rings. The van der Waals surface area contributed by atoms with Crippen LogP contribution in [-0.4, -0.2) is 5.11 Å². The summed E-state index contributed by atoms with van der Waals surface area (Å²) in [5, 5.41) is 8.08. The molecule has 0 saturated carbocycles. The fourth-order valence-corrected chi connectivity index (χ4v) is 3.08. The number of rotatable bonds is 1. The van der Waals surface area contributed by atoms with Gasteiger partial charge in [0.05, 0.1) is 6.04 Å². The van der Waals surface area contributed by atoms with E-state index in [9.17, 15) is 0 Å². The molecule has 88 valence electrons. The lowest BCUT2D eigenvalue weighted by Gasteiger charge is -2.29. The van der Waals surface area contributed by atoms with E-state index in [1.165, 1.54) is 17.7 Å². The fourth-order valence-electron chi connectivity index (χ4n) is 2.59. The minimum absolute atomic E-state index is 0.148. The van der Waals surface area contributed by atoms with Crippen LogP contribution in [0.25, 0.3) is 0 Å². The first kappa shape index (κ1) is 11.1. The molecule has 1 atom stereocenters. The summed E-state index contributed by atoms with van der Waals surface area (Å²) in [4.78, 5) is 0. The quantitative estimate of drug-likeness (QED) is 0.761. The van der Waals surface area contributed by atoms with Gasteiger partial charge in [-0.25, -0.2) is 0 Å². The van der Waals surface area contributed by atoms with E-state index in [2.05, 4.69) is 16.7 Å². The number of hydrogen-bond acceptors (Lipinski definition) is 1. The van der Waals surface area contributed by atoms with Gasteiger partial charge >= 0.3 is 0 Å². The summed E-state index contributed by atoms with van der Waals surface area (Å²) in [5.41, 5.74) is 3.82. The molecule has 2 N–H and O–H groups in total. The van der Waals surface area contributed by atoms with Gasteiger partial charge in [0.2, 0.25) is 0 Å². The van der Waals surface area contributed by atoms with Gasteiger partial charge in [0.25, 0.3) is 0 Å². The number of nitrogens with one attached hydrogen (secondary N) is 2. The Labute approximate surface area is 111 Å². The Balaban J connectivity index is 2.05. The molecule has 0 aromatic heterocycles. The van der Waals surface area contributed by atoms with Gasteiger partial charge in [-0.1, -0.05) is 29.8 Å². The van der Waals surface area contributed by atoms with Gasteiger partial charge in [-0.05, 0) is 48.7 Å². The molecule has 0 saturated heterocycles. The Morgan fingerprint density at radius 2 is 2.06 bits per heavy atom. The summed E-state index contributed by atoms with van der Waals surface area (Å²) in [6.45, 7) is 0. The zero-order chi connectivity index (χ0) is 11.8. The molecule has 1 unspecified atom stereocenters. The van der Waals surface area contributed by atoms with E-state index < -0.39 is 0 Å². The lowest BCUT2D eigenvalue weighted by Crippen LogP contribution is -2.42. The molecule has 3 rings (SSSR count). The Morgan fingerprint density at radius 1 is 1.24 bits per heavy atom. The zero-order valence-electron chi connectivity index (χ0n) is 9.29. The Kier molecular flexibility index (Phi) is 2.81. The van der Waals surface area contributed by atoms with Crippen molar-refractivity contribution in [2.75, 3.05) is 0 Å². The maximum atomic E-state index is 6.27.